The van der Waals surface area contributed by atoms with Crippen LogP contribution in [0, 0.1) is 0 Å². The molecule has 1 nitrogen and oxygen atoms in total. The van der Waals surface area contributed by atoms with E-state index in [4.69, 9.17) is 5.73 Å². The molecule has 2 heteroatoms. The van der Waals surface area contributed by atoms with Crippen LogP contribution in [-0.2, 0) is 0 Å². The van der Waals surface area contributed by atoms with Crippen LogP contribution < -0.4 is 5.73 Å². The average Bonchev–Trinajstić information content (AvgIpc) is 2.81. The maximum absolute atomic E-state index is 6.12. The van der Waals surface area contributed by atoms with Crippen molar-refractivity contribution < 1.29 is 0 Å². The van der Waals surface area contributed by atoms with Gasteiger partial charge in [0.1, 0.15) is 0 Å². The van der Waals surface area contributed by atoms with Gasteiger partial charge in [-0.05, 0) is 18.4 Å². The van der Waals surface area contributed by atoms with E-state index in [1.807, 2.05) is 0 Å². The van der Waals surface area contributed by atoms with Crippen LogP contribution in [0.1, 0.15) is 31.2 Å². The minimum absolute atomic E-state index is 0. The molecule has 0 aliphatic heterocycles. The summed E-state index contributed by atoms with van der Waals surface area (Å²) in [6, 6.07) is 10.6. The summed E-state index contributed by atoms with van der Waals surface area (Å²) in [6.07, 6.45) is 2.25. The van der Waals surface area contributed by atoms with Crippen molar-refractivity contribution in [1.82, 2.24) is 0 Å². The van der Waals surface area contributed by atoms with Crippen molar-refractivity contribution in [3.8, 4) is 0 Å². The number of halogens is 1. The third-order valence-corrected chi connectivity index (χ3v) is 2.98. The maximum Gasteiger partial charge on any atom is 0.0228 e. The molecule has 2 rings (SSSR count). The molecule has 1 saturated carbocycles. The molecule has 1 aliphatic carbocycles. The van der Waals surface area contributed by atoms with Crippen molar-refractivity contribution in [2.45, 2.75) is 31.2 Å². The Hall–Kier alpha value is -0.530. The fourth-order valence-electron chi connectivity index (χ4n) is 1.85. The second-order valence-corrected chi connectivity index (χ2v) is 3.75. The first-order valence-corrected chi connectivity index (χ1v) is 4.60. The minimum Gasteiger partial charge on any atom is -0.325 e. The van der Waals surface area contributed by atoms with Crippen molar-refractivity contribution in [3.05, 3.63) is 35.9 Å². The molecule has 0 amide bonds. The van der Waals surface area contributed by atoms with Crippen LogP contribution in [-0.4, -0.2) is 5.54 Å². The second kappa shape index (κ2) is 3.69. The first-order chi connectivity index (χ1) is 5.76. The Labute approximate surface area is 85.7 Å². The SMILES string of the molecule is CC[C@@]1(N)C[C@@H]1c1ccccc1.Cl. The number of hydrogen-bond donors (Lipinski definition) is 1. The van der Waals surface area contributed by atoms with E-state index in [-0.39, 0.29) is 17.9 Å². The summed E-state index contributed by atoms with van der Waals surface area (Å²) in [4.78, 5) is 0. The first kappa shape index (κ1) is 10.6. The van der Waals surface area contributed by atoms with Gasteiger partial charge >= 0.3 is 0 Å². The first-order valence-electron chi connectivity index (χ1n) is 4.60. The van der Waals surface area contributed by atoms with Gasteiger partial charge in [0, 0.05) is 11.5 Å². The Balaban J connectivity index is 0.000000845. The predicted octanol–water partition coefficient (Wildman–Crippen LogP) is 2.70. The second-order valence-electron chi connectivity index (χ2n) is 3.75. The minimum atomic E-state index is 0. The standard InChI is InChI=1S/C11H15N.ClH/c1-2-11(12)8-10(11)9-6-4-3-5-7-9;/h3-7,10H,2,8,12H2,1H3;1H/t10-,11-;/m1./s1. The zero-order valence-electron chi connectivity index (χ0n) is 7.86. The summed E-state index contributed by atoms with van der Waals surface area (Å²) >= 11 is 0. The Bertz CT molecular complexity index is 273. The quantitative estimate of drug-likeness (QED) is 0.775. The van der Waals surface area contributed by atoms with Crippen LogP contribution in [0.25, 0.3) is 0 Å². The average molecular weight is 198 g/mol. The molecule has 1 aromatic carbocycles. The molecule has 0 spiro atoms. The van der Waals surface area contributed by atoms with Gasteiger partial charge in [0.15, 0.2) is 0 Å². The lowest BCUT2D eigenvalue weighted by Gasteiger charge is -2.06. The molecule has 0 aromatic heterocycles. The van der Waals surface area contributed by atoms with Gasteiger partial charge < -0.3 is 5.73 Å². The van der Waals surface area contributed by atoms with E-state index >= 15 is 0 Å². The van der Waals surface area contributed by atoms with Crippen LogP contribution in [0.5, 0.6) is 0 Å². The summed E-state index contributed by atoms with van der Waals surface area (Å²) in [5.74, 6) is 0.615. The van der Waals surface area contributed by atoms with Crippen LogP contribution in [0.2, 0.25) is 0 Å². The molecule has 2 N–H and O–H groups in total. The van der Waals surface area contributed by atoms with Gasteiger partial charge in [0.2, 0.25) is 0 Å². The molecule has 0 bridgehead atoms. The molecular formula is C11H16ClN. The van der Waals surface area contributed by atoms with Crippen molar-refractivity contribution in [2.24, 2.45) is 5.73 Å². The van der Waals surface area contributed by atoms with E-state index in [1.165, 1.54) is 5.56 Å². The highest BCUT2D eigenvalue weighted by Crippen LogP contribution is 2.51. The molecule has 0 radical (unpaired) electrons. The van der Waals surface area contributed by atoms with Crippen LogP contribution in [0.4, 0.5) is 0 Å². The highest BCUT2D eigenvalue weighted by molar-refractivity contribution is 5.85. The van der Waals surface area contributed by atoms with Crippen LogP contribution in [0.3, 0.4) is 0 Å². The summed E-state index contributed by atoms with van der Waals surface area (Å²) in [5.41, 5.74) is 7.64. The van der Waals surface area contributed by atoms with Gasteiger partial charge in [-0.2, -0.15) is 0 Å². The molecule has 0 heterocycles. The van der Waals surface area contributed by atoms with Gasteiger partial charge in [0.25, 0.3) is 0 Å². The van der Waals surface area contributed by atoms with Gasteiger partial charge in [-0.25, -0.2) is 0 Å². The smallest absolute Gasteiger partial charge is 0.0228 e. The largest absolute Gasteiger partial charge is 0.325 e. The monoisotopic (exact) mass is 197 g/mol. The molecule has 1 fully saturated rings. The number of rotatable bonds is 2. The van der Waals surface area contributed by atoms with E-state index in [9.17, 15) is 0 Å². The maximum atomic E-state index is 6.12. The summed E-state index contributed by atoms with van der Waals surface area (Å²) in [7, 11) is 0. The van der Waals surface area contributed by atoms with Crippen LogP contribution >= 0.6 is 12.4 Å². The van der Waals surface area contributed by atoms with Crippen molar-refractivity contribution >= 4 is 12.4 Å². The van der Waals surface area contributed by atoms with Crippen molar-refractivity contribution in [1.29, 1.82) is 0 Å². The fourth-order valence-corrected chi connectivity index (χ4v) is 1.85. The summed E-state index contributed by atoms with van der Waals surface area (Å²) in [6.45, 7) is 2.17. The van der Waals surface area contributed by atoms with E-state index in [1.54, 1.807) is 0 Å². The molecule has 0 saturated heterocycles. The lowest BCUT2D eigenvalue weighted by molar-refractivity contribution is 0.626. The molecule has 1 aliphatic rings. The van der Waals surface area contributed by atoms with Gasteiger partial charge in [0.05, 0.1) is 0 Å². The molecule has 1 aromatic rings. The Morgan fingerprint density at radius 3 is 2.46 bits per heavy atom. The van der Waals surface area contributed by atoms with Crippen molar-refractivity contribution in [2.75, 3.05) is 0 Å². The number of nitrogens with two attached hydrogens (primary N) is 1. The predicted molar refractivity (Wildman–Crippen MR) is 58.3 cm³/mol. The molecular weight excluding hydrogens is 182 g/mol. The normalized spacial score (nSPS) is 30.8. The number of hydrogen-bond acceptors (Lipinski definition) is 1. The zero-order valence-corrected chi connectivity index (χ0v) is 8.68. The fraction of sp³-hybridized carbons (Fsp3) is 0.455. The van der Waals surface area contributed by atoms with Gasteiger partial charge in [-0.3, -0.25) is 0 Å². The molecule has 13 heavy (non-hydrogen) atoms. The summed E-state index contributed by atoms with van der Waals surface area (Å²) < 4.78 is 0. The van der Waals surface area contributed by atoms with Crippen LogP contribution in [0.15, 0.2) is 30.3 Å². The Kier molecular flexibility index (Phi) is 2.99. The van der Waals surface area contributed by atoms with Gasteiger partial charge in [-0.15, -0.1) is 12.4 Å². The lowest BCUT2D eigenvalue weighted by atomic mass is 10.1. The third kappa shape index (κ3) is 1.87. The highest BCUT2D eigenvalue weighted by Gasteiger charge is 2.49. The number of benzene rings is 1. The van der Waals surface area contributed by atoms with Crippen molar-refractivity contribution in [3.63, 3.8) is 0 Å². The van der Waals surface area contributed by atoms with E-state index in [2.05, 4.69) is 37.3 Å². The molecule has 0 unspecified atom stereocenters. The van der Waals surface area contributed by atoms with E-state index in [0.29, 0.717) is 5.92 Å². The summed E-state index contributed by atoms with van der Waals surface area (Å²) in [5, 5.41) is 0. The molecule has 72 valence electrons. The highest BCUT2D eigenvalue weighted by atomic mass is 35.5. The van der Waals surface area contributed by atoms with E-state index in [0.717, 1.165) is 12.8 Å². The third-order valence-electron chi connectivity index (χ3n) is 2.98. The Morgan fingerprint density at radius 2 is 2.00 bits per heavy atom. The van der Waals surface area contributed by atoms with Gasteiger partial charge in [-0.1, -0.05) is 37.3 Å². The molecule has 2 atom stereocenters. The Morgan fingerprint density at radius 1 is 1.38 bits per heavy atom. The zero-order chi connectivity index (χ0) is 8.60. The van der Waals surface area contributed by atoms with E-state index < -0.39 is 0 Å². The topological polar surface area (TPSA) is 26.0 Å². The lowest BCUT2D eigenvalue weighted by Crippen LogP contribution is -2.22.